The third-order valence-corrected chi connectivity index (χ3v) is 3.59. The Labute approximate surface area is 124 Å². The van der Waals surface area contributed by atoms with Gasteiger partial charge in [-0.25, -0.2) is 22.0 Å². The lowest BCUT2D eigenvalue weighted by Crippen LogP contribution is -2.50. The molecule has 1 saturated heterocycles. The van der Waals surface area contributed by atoms with Crippen molar-refractivity contribution in [3.8, 4) is 0 Å². The van der Waals surface area contributed by atoms with Crippen LogP contribution in [0.2, 0.25) is 0 Å². The molecule has 122 valence electrons. The zero-order valence-corrected chi connectivity index (χ0v) is 12.1. The van der Waals surface area contributed by atoms with E-state index in [4.69, 9.17) is 0 Å². The molecule has 0 bridgehead atoms. The zero-order chi connectivity index (χ0) is 16.6. The first kappa shape index (κ1) is 16.5. The van der Waals surface area contributed by atoms with E-state index in [1.807, 2.05) is 0 Å². The molecule has 3 nitrogen and oxygen atoms in total. The molecule has 0 saturated carbocycles. The molecule has 0 atom stereocenters. The number of hydrogen-bond acceptors (Lipinski definition) is 2. The molecule has 0 aromatic heterocycles. The van der Waals surface area contributed by atoms with Crippen LogP contribution in [-0.4, -0.2) is 37.0 Å². The highest BCUT2D eigenvalue weighted by Crippen LogP contribution is 2.30. The van der Waals surface area contributed by atoms with Gasteiger partial charge in [0.1, 0.15) is 5.69 Å². The van der Waals surface area contributed by atoms with E-state index in [2.05, 4.69) is 0 Å². The standard InChI is InChI=1S/C14H15F5N2O/c1-7(2)14(22)21-5-3-20(4-6-21)13-11(18)9(16)8(15)10(17)12(13)19/h7H,3-6H2,1-2H3. The largest absolute Gasteiger partial charge is 0.363 e. The Morgan fingerprint density at radius 2 is 1.23 bits per heavy atom. The highest BCUT2D eigenvalue weighted by Gasteiger charge is 2.31. The van der Waals surface area contributed by atoms with Crippen molar-refractivity contribution in [1.29, 1.82) is 0 Å². The number of piperazine rings is 1. The lowest BCUT2D eigenvalue weighted by molar-refractivity contribution is -0.134. The van der Waals surface area contributed by atoms with Gasteiger partial charge in [0, 0.05) is 32.1 Å². The quantitative estimate of drug-likeness (QED) is 0.475. The molecule has 1 aliphatic heterocycles. The number of carbonyl (C=O) groups is 1. The van der Waals surface area contributed by atoms with Gasteiger partial charge in [0.25, 0.3) is 0 Å². The summed E-state index contributed by atoms with van der Waals surface area (Å²) in [6.07, 6.45) is 0. The zero-order valence-electron chi connectivity index (χ0n) is 12.1. The van der Waals surface area contributed by atoms with E-state index in [0.717, 1.165) is 4.90 Å². The molecule has 2 rings (SSSR count). The fourth-order valence-electron chi connectivity index (χ4n) is 2.39. The maximum atomic E-state index is 13.7. The van der Waals surface area contributed by atoms with Crippen LogP contribution >= 0.6 is 0 Å². The molecule has 8 heteroatoms. The van der Waals surface area contributed by atoms with Crippen molar-refractivity contribution in [2.24, 2.45) is 5.92 Å². The third-order valence-electron chi connectivity index (χ3n) is 3.59. The third kappa shape index (κ3) is 2.74. The molecule has 1 aromatic rings. The molecule has 0 N–H and O–H groups in total. The van der Waals surface area contributed by atoms with Crippen molar-refractivity contribution in [2.75, 3.05) is 31.1 Å². The molecular formula is C14H15F5N2O. The van der Waals surface area contributed by atoms with Gasteiger partial charge in [-0.1, -0.05) is 13.8 Å². The van der Waals surface area contributed by atoms with Crippen LogP contribution in [0.5, 0.6) is 0 Å². The Morgan fingerprint density at radius 1 is 0.818 bits per heavy atom. The Morgan fingerprint density at radius 3 is 1.64 bits per heavy atom. The van der Waals surface area contributed by atoms with E-state index >= 15 is 0 Å². The lowest BCUT2D eigenvalue weighted by Gasteiger charge is -2.37. The summed E-state index contributed by atoms with van der Waals surface area (Å²) in [6.45, 7) is 3.76. The summed E-state index contributed by atoms with van der Waals surface area (Å²) in [5, 5.41) is 0. The van der Waals surface area contributed by atoms with E-state index < -0.39 is 34.8 Å². The minimum atomic E-state index is -2.17. The number of hydrogen-bond donors (Lipinski definition) is 0. The Balaban J connectivity index is 2.24. The van der Waals surface area contributed by atoms with Crippen molar-refractivity contribution in [3.63, 3.8) is 0 Å². The molecule has 22 heavy (non-hydrogen) atoms. The van der Waals surface area contributed by atoms with E-state index in [0.29, 0.717) is 0 Å². The summed E-state index contributed by atoms with van der Waals surface area (Å²) >= 11 is 0. The molecule has 0 spiro atoms. The fraction of sp³-hybridized carbons (Fsp3) is 0.500. The van der Waals surface area contributed by atoms with Crippen LogP contribution in [0.1, 0.15) is 13.8 Å². The van der Waals surface area contributed by atoms with E-state index in [1.165, 1.54) is 4.90 Å². The number of carbonyl (C=O) groups excluding carboxylic acids is 1. The first-order valence-corrected chi connectivity index (χ1v) is 6.80. The van der Waals surface area contributed by atoms with Gasteiger partial charge in [-0.3, -0.25) is 4.79 Å². The van der Waals surface area contributed by atoms with Crippen molar-refractivity contribution < 1.29 is 26.7 Å². The predicted molar refractivity (Wildman–Crippen MR) is 69.9 cm³/mol. The Hall–Kier alpha value is -1.86. The molecule has 1 aromatic carbocycles. The smallest absolute Gasteiger partial charge is 0.225 e. The summed E-state index contributed by atoms with van der Waals surface area (Å²) in [4.78, 5) is 14.4. The molecule has 0 unspecified atom stereocenters. The SMILES string of the molecule is CC(C)C(=O)N1CCN(c2c(F)c(F)c(F)c(F)c2F)CC1. The molecule has 1 fully saturated rings. The van der Waals surface area contributed by atoms with Crippen molar-refractivity contribution in [2.45, 2.75) is 13.8 Å². The second kappa shape index (κ2) is 6.10. The van der Waals surface area contributed by atoms with Gasteiger partial charge in [0.05, 0.1) is 0 Å². The van der Waals surface area contributed by atoms with Crippen LogP contribution in [0.3, 0.4) is 0 Å². The minimum absolute atomic E-state index is 0.00316. The summed E-state index contributed by atoms with van der Waals surface area (Å²) in [5.74, 6) is -10.1. The van der Waals surface area contributed by atoms with Gasteiger partial charge in [-0.2, -0.15) is 0 Å². The van der Waals surface area contributed by atoms with Gasteiger partial charge in [-0.05, 0) is 0 Å². The second-order valence-electron chi connectivity index (χ2n) is 5.39. The Kier molecular flexibility index (Phi) is 4.58. The highest BCUT2D eigenvalue weighted by molar-refractivity contribution is 5.78. The first-order chi connectivity index (χ1) is 10.3. The molecule has 1 heterocycles. The molecule has 1 amide bonds. The molecule has 0 aliphatic carbocycles. The number of anilines is 1. The van der Waals surface area contributed by atoms with E-state index in [9.17, 15) is 26.7 Å². The van der Waals surface area contributed by atoms with Gasteiger partial charge in [0.15, 0.2) is 23.3 Å². The second-order valence-corrected chi connectivity index (χ2v) is 5.39. The van der Waals surface area contributed by atoms with Crippen LogP contribution in [0.4, 0.5) is 27.6 Å². The number of nitrogens with zero attached hydrogens (tertiary/aromatic N) is 2. The molecule has 0 radical (unpaired) electrons. The van der Waals surface area contributed by atoms with Crippen molar-refractivity contribution in [3.05, 3.63) is 29.1 Å². The summed E-state index contributed by atoms with van der Waals surface area (Å²) in [6, 6.07) is 0. The average Bonchev–Trinajstić information content (AvgIpc) is 2.51. The number of benzene rings is 1. The average molecular weight is 322 g/mol. The normalized spacial score (nSPS) is 15.6. The van der Waals surface area contributed by atoms with E-state index in [-0.39, 0.29) is 38.0 Å². The molecular weight excluding hydrogens is 307 g/mol. The molecule has 1 aliphatic rings. The van der Waals surface area contributed by atoms with Gasteiger partial charge < -0.3 is 9.80 Å². The van der Waals surface area contributed by atoms with Crippen LogP contribution in [-0.2, 0) is 4.79 Å². The summed E-state index contributed by atoms with van der Waals surface area (Å²) in [7, 11) is 0. The topological polar surface area (TPSA) is 23.6 Å². The van der Waals surface area contributed by atoms with E-state index in [1.54, 1.807) is 13.8 Å². The first-order valence-electron chi connectivity index (χ1n) is 6.80. The highest BCUT2D eigenvalue weighted by atomic mass is 19.2. The van der Waals surface area contributed by atoms with Crippen LogP contribution in [0, 0.1) is 35.0 Å². The predicted octanol–water partition coefficient (Wildman–Crippen LogP) is 2.69. The lowest BCUT2D eigenvalue weighted by atomic mass is 10.1. The van der Waals surface area contributed by atoms with Gasteiger partial charge in [0.2, 0.25) is 11.7 Å². The fourth-order valence-corrected chi connectivity index (χ4v) is 2.39. The van der Waals surface area contributed by atoms with Crippen molar-refractivity contribution in [1.82, 2.24) is 4.90 Å². The number of rotatable bonds is 2. The Bertz CT molecular complexity index is 568. The minimum Gasteiger partial charge on any atom is -0.363 e. The maximum Gasteiger partial charge on any atom is 0.225 e. The van der Waals surface area contributed by atoms with Crippen LogP contribution in [0.15, 0.2) is 0 Å². The van der Waals surface area contributed by atoms with Crippen LogP contribution in [0.25, 0.3) is 0 Å². The van der Waals surface area contributed by atoms with Crippen LogP contribution < -0.4 is 4.90 Å². The summed E-state index contributed by atoms with van der Waals surface area (Å²) in [5.41, 5.74) is -0.937. The number of amides is 1. The summed E-state index contributed by atoms with van der Waals surface area (Å²) < 4.78 is 66.9. The monoisotopic (exact) mass is 322 g/mol. The van der Waals surface area contributed by atoms with Gasteiger partial charge in [-0.15, -0.1) is 0 Å². The number of halogens is 5. The van der Waals surface area contributed by atoms with Gasteiger partial charge >= 0.3 is 0 Å². The maximum absolute atomic E-state index is 13.7. The van der Waals surface area contributed by atoms with Crippen molar-refractivity contribution >= 4 is 11.6 Å².